The molecule has 2 rings (SSSR count). The highest BCUT2D eigenvalue weighted by Gasteiger charge is 2.31. The average molecular weight is 347 g/mol. The fraction of sp³-hybridized carbons (Fsp3) is 0.294. The van der Waals surface area contributed by atoms with E-state index in [0.29, 0.717) is 17.8 Å². The van der Waals surface area contributed by atoms with Gasteiger partial charge in [0.05, 0.1) is 23.8 Å². The predicted octanol–water partition coefficient (Wildman–Crippen LogP) is 2.57. The average Bonchev–Trinajstić information content (AvgIpc) is 2.53. The number of carbonyl (C=O) groups is 1. The summed E-state index contributed by atoms with van der Waals surface area (Å²) in [5, 5.41) is 2.72. The molecule has 0 bridgehead atoms. The second-order valence-electron chi connectivity index (χ2n) is 5.55. The molecule has 24 heavy (non-hydrogen) atoms. The van der Waals surface area contributed by atoms with Crippen molar-refractivity contribution >= 4 is 27.3 Å². The van der Waals surface area contributed by atoms with Crippen LogP contribution in [0.1, 0.15) is 18.9 Å². The number of nitrogens with zero attached hydrogens (tertiary/aromatic N) is 2. The molecule has 2 aromatic rings. The van der Waals surface area contributed by atoms with Gasteiger partial charge in [-0.2, -0.15) is 0 Å². The van der Waals surface area contributed by atoms with Crippen LogP contribution in [-0.2, 0) is 14.8 Å². The van der Waals surface area contributed by atoms with E-state index in [0.717, 1.165) is 16.1 Å². The Balaban J connectivity index is 2.35. The summed E-state index contributed by atoms with van der Waals surface area (Å²) in [7, 11) is -3.62. The number of carbonyl (C=O) groups excluding carboxylic acids is 1. The smallest absolute Gasteiger partial charge is 0.248 e. The van der Waals surface area contributed by atoms with Crippen LogP contribution < -0.4 is 9.62 Å². The van der Waals surface area contributed by atoms with Gasteiger partial charge >= 0.3 is 0 Å². The number of nitrogens with one attached hydrogen (secondary N) is 1. The molecule has 1 aromatic heterocycles. The summed E-state index contributed by atoms with van der Waals surface area (Å²) < 4.78 is 25.8. The molecule has 128 valence electrons. The molecule has 1 N–H and O–H groups in total. The lowest BCUT2D eigenvalue weighted by atomic mass is 10.1. The molecule has 0 spiro atoms. The van der Waals surface area contributed by atoms with Crippen molar-refractivity contribution in [2.75, 3.05) is 15.9 Å². The minimum atomic E-state index is -3.62. The predicted molar refractivity (Wildman–Crippen MR) is 95.4 cm³/mol. The van der Waals surface area contributed by atoms with Crippen molar-refractivity contribution in [3.8, 4) is 0 Å². The Morgan fingerprint density at radius 2 is 1.92 bits per heavy atom. The largest absolute Gasteiger partial charge is 0.323 e. The lowest BCUT2D eigenvalue weighted by Crippen LogP contribution is -2.47. The molecule has 0 aliphatic rings. The van der Waals surface area contributed by atoms with Gasteiger partial charge in [0.2, 0.25) is 15.9 Å². The fourth-order valence-electron chi connectivity index (χ4n) is 2.41. The van der Waals surface area contributed by atoms with Crippen LogP contribution in [0.5, 0.6) is 0 Å². The topological polar surface area (TPSA) is 79.4 Å². The van der Waals surface area contributed by atoms with Crippen LogP contribution in [0.3, 0.4) is 0 Å². The van der Waals surface area contributed by atoms with Crippen LogP contribution in [0.2, 0.25) is 0 Å². The van der Waals surface area contributed by atoms with E-state index in [1.807, 2.05) is 19.1 Å². The lowest BCUT2D eigenvalue weighted by molar-refractivity contribution is -0.117. The fourth-order valence-corrected chi connectivity index (χ4v) is 3.63. The van der Waals surface area contributed by atoms with Crippen molar-refractivity contribution in [3.63, 3.8) is 0 Å². The third-order valence-corrected chi connectivity index (χ3v) is 4.73. The molecule has 0 saturated heterocycles. The van der Waals surface area contributed by atoms with E-state index in [2.05, 4.69) is 10.3 Å². The zero-order valence-electron chi connectivity index (χ0n) is 13.9. The maximum atomic E-state index is 12.6. The second kappa shape index (κ2) is 7.44. The second-order valence-corrected chi connectivity index (χ2v) is 7.41. The molecule has 0 aliphatic heterocycles. The summed E-state index contributed by atoms with van der Waals surface area (Å²) in [6.07, 6.45) is 4.56. The number of hydrogen-bond acceptors (Lipinski definition) is 4. The zero-order valence-corrected chi connectivity index (χ0v) is 14.7. The quantitative estimate of drug-likeness (QED) is 0.871. The minimum Gasteiger partial charge on any atom is -0.323 e. The number of pyridine rings is 1. The first-order chi connectivity index (χ1) is 11.3. The molecule has 0 fully saturated rings. The maximum absolute atomic E-state index is 12.6. The van der Waals surface area contributed by atoms with Crippen LogP contribution in [0.15, 0.2) is 48.8 Å². The molecule has 1 heterocycles. The Morgan fingerprint density at radius 3 is 2.42 bits per heavy atom. The van der Waals surface area contributed by atoms with Gasteiger partial charge in [0, 0.05) is 6.20 Å². The molecule has 6 nitrogen and oxygen atoms in total. The molecular formula is C17H21N3O3S. The number of amides is 1. The van der Waals surface area contributed by atoms with Crippen molar-refractivity contribution < 1.29 is 13.2 Å². The SMILES string of the molecule is CC[C@@H](C(=O)Nc1cccnc1)N(c1ccc(C)cc1)S(C)(=O)=O. The first kappa shape index (κ1) is 17.9. The van der Waals surface area contributed by atoms with Gasteiger partial charge in [-0.05, 0) is 37.6 Å². The van der Waals surface area contributed by atoms with Crippen LogP contribution in [0, 0.1) is 6.92 Å². The normalized spacial score (nSPS) is 12.5. The van der Waals surface area contributed by atoms with E-state index >= 15 is 0 Å². The summed E-state index contributed by atoms with van der Waals surface area (Å²) in [4.78, 5) is 16.6. The van der Waals surface area contributed by atoms with E-state index in [1.54, 1.807) is 37.4 Å². The Labute approximate surface area is 142 Å². The highest BCUT2D eigenvalue weighted by molar-refractivity contribution is 7.92. The Kier molecular flexibility index (Phi) is 5.56. The molecule has 0 saturated carbocycles. The summed E-state index contributed by atoms with van der Waals surface area (Å²) in [6, 6.07) is 9.60. The molecule has 1 aromatic carbocycles. The highest BCUT2D eigenvalue weighted by Crippen LogP contribution is 2.23. The first-order valence-electron chi connectivity index (χ1n) is 7.60. The van der Waals surface area contributed by atoms with Gasteiger partial charge in [0.15, 0.2) is 0 Å². The van der Waals surface area contributed by atoms with Crippen molar-refractivity contribution in [2.45, 2.75) is 26.3 Å². The number of rotatable bonds is 6. The van der Waals surface area contributed by atoms with Crippen LogP contribution in [-0.4, -0.2) is 31.6 Å². The van der Waals surface area contributed by atoms with Crippen LogP contribution in [0.25, 0.3) is 0 Å². The van der Waals surface area contributed by atoms with Crippen molar-refractivity contribution in [2.24, 2.45) is 0 Å². The van der Waals surface area contributed by atoms with Crippen molar-refractivity contribution in [1.29, 1.82) is 0 Å². The molecule has 1 amide bonds. The molecule has 1 atom stereocenters. The van der Waals surface area contributed by atoms with Gasteiger partial charge < -0.3 is 5.32 Å². The van der Waals surface area contributed by atoms with Gasteiger partial charge in [-0.15, -0.1) is 0 Å². The van der Waals surface area contributed by atoms with Gasteiger partial charge in [-0.25, -0.2) is 8.42 Å². The maximum Gasteiger partial charge on any atom is 0.248 e. The number of aryl methyl sites for hydroxylation is 1. The molecular weight excluding hydrogens is 326 g/mol. The van der Waals surface area contributed by atoms with Gasteiger partial charge in [-0.1, -0.05) is 24.6 Å². The van der Waals surface area contributed by atoms with Crippen LogP contribution >= 0.6 is 0 Å². The number of anilines is 2. The standard InChI is InChI=1S/C17H21N3O3S/c1-4-16(17(21)19-14-6-5-11-18-12-14)20(24(3,22)23)15-9-7-13(2)8-10-15/h5-12,16H,4H2,1-3H3,(H,19,21)/t16-/m0/s1. The van der Waals surface area contributed by atoms with E-state index in [4.69, 9.17) is 0 Å². The van der Waals surface area contributed by atoms with Gasteiger partial charge in [-0.3, -0.25) is 14.1 Å². The van der Waals surface area contributed by atoms with E-state index in [1.165, 1.54) is 6.20 Å². The van der Waals surface area contributed by atoms with Crippen LogP contribution in [0.4, 0.5) is 11.4 Å². The molecule has 0 unspecified atom stereocenters. The van der Waals surface area contributed by atoms with Gasteiger partial charge in [0.25, 0.3) is 0 Å². The Hall–Kier alpha value is -2.41. The third-order valence-electron chi connectivity index (χ3n) is 3.55. The zero-order chi connectivity index (χ0) is 17.7. The summed E-state index contributed by atoms with van der Waals surface area (Å²) in [5.74, 6) is -0.392. The Morgan fingerprint density at radius 1 is 1.25 bits per heavy atom. The number of sulfonamides is 1. The van der Waals surface area contributed by atoms with E-state index in [-0.39, 0.29) is 0 Å². The first-order valence-corrected chi connectivity index (χ1v) is 9.44. The molecule has 7 heteroatoms. The number of benzene rings is 1. The van der Waals surface area contributed by atoms with Crippen molar-refractivity contribution in [3.05, 3.63) is 54.4 Å². The summed E-state index contributed by atoms with van der Waals surface area (Å²) >= 11 is 0. The third kappa shape index (κ3) is 4.32. The summed E-state index contributed by atoms with van der Waals surface area (Å²) in [5.41, 5.74) is 2.01. The lowest BCUT2D eigenvalue weighted by Gasteiger charge is -2.30. The van der Waals surface area contributed by atoms with E-state index < -0.39 is 22.0 Å². The minimum absolute atomic E-state index is 0.340. The number of hydrogen-bond donors (Lipinski definition) is 1. The monoisotopic (exact) mass is 347 g/mol. The molecule has 0 aliphatic carbocycles. The van der Waals surface area contributed by atoms with Crippen molar-refractivity contribution in [1.82, 2.24) is 4.98 Å². The number of aromatic nitrogens is 1. The van der Waals surface area contributed by atoms with Gasteiger partial charge in [0.1, 0.15) is 6.04 Å². The molecule has 0 radical (unpaired) electrons. The summed E-state index contributed by atoms with van der Waals surface area (Å²) in [6.45, 7) is 3.70. The Bertz CT molecular complexity index is 790. The van der Waals surface area contributed by atoms with E-state index in [9.17, 15) is 13.2 Å². The highest BCUT2D eigenvalue weighted by atomic mass is 32.2.